The van der Waals surface area contributed by atoms with E-state index < -0.39 is 0 Å². The molecule has 0 bridgehead atoms. The van der Waals surface area contributed by atoms with E-state index in [1.54, 1.807) is 0 Å². The third kappa shape index (κ3) is 7.14. The molecule has 1 amide bonds. The van der Waals surface area contributed by atoms with Gasteiger partial charge in [-0.05, 0) is 38.9 Å². The lowest BCUT2D eigenvalue weighted by atomic mass is 10.0. The molecule has 4 heteroatoms. The Morgan fingerprint density at radius 1 is 1.19 bits per heavy atom. The maximum Gasteiger partial charge on any atom is 0.407 e. The zero-order valence-electron chi connectivity index (χ0n) is 13.7. The Labute approximate surface area is 128 Å². The Kier molecular flexibility index (Phi) is 7.23. The minimum atomic E-state index is -0.358. The fourth-order valence-electron chi connectivity index (χ4n) is 2.08. The average molecular weight is 292 g/mol. The predicted octanol–water partition coefficient (Wildman–Crippen LogP) is 3.42. The number of carbonyl (C=O) groups excluding carboxylic acids is 1. The number of ether oxygens (including phenoxy) is 1. The molecule has 21 heavy (non-hydrogen) atoms. The first-order valence-corrected chi connectivity index (χ1v) is 7.68. The molecule has 0 spiro atoms. The standard InChI is InChI=1S/C17H28N2O2/c1-5-19(6-2)13-12-17(3,4)18-16(20)21-14-15-10-8-7-9-11-15/h7-11H,5-6,12-14H2,1-4H3,(H,18,20). The number of benzene rings is 1. The zero-order chi connectivity index (χ0) is 15.7. The first-order valence-electron chi connectivity index (χ1n) is 7.68. The van der Waals surface area contributed by atoms with Crippen LogP contribution in [0.15, 0.2) is 30.3 Å². The largest absolute Gasteiger partial charge is 0.445 e. The van der Waals surface area contributed by atoms with Crippen molar-refractivity contribution in [3.8, 4) is 0 Å². The number of alkyl carbamates (subject to hydrolysis) is 1. The van der Waals surface area contributed by atoms with Crippen molar-refractivity contribution in [2.45, 2.75) is 46.3 Å². The van der Waals surface area contributed by atoms with Gasteiger partial charge in [-0.25, -0.2) is 4.79 Å². The summed E-state index contributed by atoms with van der Waals surface area (Å²) in [5.41, 5.74) is 0.727. The second-order valence-electron chi connectivity index (χ2n) is 5.85. The lowest BCUT2D eigenvalue weighted by Crippen LogP contribution is -2.45. The molecule has 0 heterocycles. The van der Waals surface area contributed by atoms with Crippen molar-refractivity contribution in [1.29, 1.82) is 0 Å². The number of nitrogens with one attached hydrogen (secondary N) is 1. The molecule has 0 saturated heterocycles. The van der Waals surface area contributed by atoms with Gasteiger partial charge in [0.1, 0.15) is 6.61 Å². The molecule has 0 aliphatic carbocycles. The molecule has 0 saturated carbocycles. The third-order valence-corrected chi connectivity index (χ3v) is 3.60. The normalized spacial score (nSPS) is 11.5. The summed E-state index contributed by atoms with van der Waals surface area (Å²) in [5, 5.41) is 2.94. The molecule has 1 aromatic rings. The van der Waals surface area contributed by atoms with Crippen molar-refractivity contribution in [2.24, 2.45) is 0 Å². The second-order valence-corrected chi connectivity index (χ2v) is 5.85. The molecular formula is C17H28N2O2. The van der Waals surface area contributed by atoms with Crippen molar-refractivity contribution in [1.82, 2.24) is 10.2 Å². The summed E-state index contributed by atoms with van der Waals surface area (Å²) in [7, 11) is 0. The van der Waals surface area contributed by atoms with E-state index in [4.69, 9.17) is 4.74 Å². The van der Waals surface area contributed by atoms with E-state index in [9.17, 15) is 4.79 Å². The smallest absolute Gasteiger partial charge is 0.407 e. The van der Waals surface area contributed by atoms with Crippen LogP contribution in [0.1, 0.15) is 39.7 Å². The lowest BCUT2D eigenvalue weighted by Gasteiger charge is -2.29. The maximum absolute atomic E-state index is 11.9. The van der Waals surface area contributed by atoms with E-state index in [-0.39, 0.29) is 11.6 Å². The van der Waals surface area contributed by atoms with Crippen molar-refractivity contribution < 1.29 is 9.53 Å². The van der Waals surface area contributed by atoms with Crippen LogP contribution < -0.4 is 5.32 Å². The van der Waals surface area contributed by atoms with Gasteiger partial charge >= 0.3 is 6.09 Å². The van der Waals surface area contributed by atoms with Gasteiger partial charge in [0.05, 0.1) is 0 Å². The highest BCUT2D eigenvalue weighted by atomic mass is 16.5. The van der Waals surface area contributed by atoms with Gasteiger partial charge in [0.25, 0.3) is 0 Å². The summed E-state index contributed by atoms with van der Waals surface area (Å²) < 4.78 is 5.26. The van der Waals surface area contributed by atoms with Gasteiger partial charge in [0.15, 0.2) is 0 Å². The monoisotopic (exact) mass is 292 g/mol. The zero-order valence-corrected chi connectivity index (χ0v) is 13.7. The van der Waals surface area contributed by atoms with Crippen LogP contribution in [-0.2, 0) is 11.3 Å². The third-order valence-electron chi connectivity index (χ3n) is 3.60. The summed E-state index contributed by atoms with van der Waals surface area (Å²) in [5.74, 6) is 0. The quantitative estimate of drug-likeness (QED) is 0.798. The summed E-state index contributed by atoms with van der Waals surface area (Å²) in [6.07, 6.45) is 0.540. The number of carbonyl (C=O) groups is 1. The molecule has 0 aromatic heterocycles. The molecule has 0 aliphatic heterocycles. The maximum atomic E-state index is 11.9. The van der Waals surface area contributed by atoms with Gasteiger partial charge in [-0.15, -0.1) is 0 Å². The van der Waals surface area contributed by atoms with Crippen LogP contribution in [0.4, 0.5) is 4.79 Å². The molecule has 4 nitrogen and oxygen atoms in total. The van der Waals surface area contributed by atoms with Crippen LogP contribution in [0, 0.1) is 0 Å². The minimum absolute atomic E-state index is 0.267. The molecule has 1 N–H and O–H groups in total. The molecule has 1 aromatic carbocycles. The van der Waals surface area contributed by atoms with Gasteiger partial charge in [-0.1, -0.05) is 44.2 Å². The van der Waals surface area contributed by atoms with Gasteiger partial charge in [-0.3, -0.25) is 0 Å². The molecule has 0 fully saturated rings. The van der Waals surface area contributed by atoms with Crippen molar-refractivity contribution in [3.05, 3.63) is 35.9 Å². The van der Waals surface area contributed by atoms with Gasteiger partial charge in [-0.2, -0.15) is 0 Å². The molecule has 118 valence electrons. The number of amides is 1. The highest BCUT2D eigenvalue weighted by molar-refractivity contribution is 5.68. The minimum Gasteiger partial charge on any atom is -0.445 e. The summed E-state index contributed by atoms with van der Waals surface area (Å²) in [4.78, 5) is 14.2. The fourth-order valence-corrected chi connectivity index (χ4v) is 2.08. The number of rotatable bonds is 8. The van der Waals surface area contributed by atoms with Gasteiger partial charge < -0.3 is 15.0 Å². The summed E-state index contributed by atoms with van der Waals surface area (Å²) >= 11 is 0. The van der Waals surface area contributed by atoms with E-state index in [2.05, 4.69) is 24.1 Å². The fraction of sp³-hybridized carbons (Fsp3) is 0.588. The van der Waals surface area contributed by atoms with Crippen molar-refractivity contribution in [2.75, 3.05) is 19.6 Å². The van der Waals surface area contributed by atoms with Crippen LogP contribution in [0.5, 0.6) is 0 Å². The van der Waals surface area contributed by atoms with Gasteiger partial charge in [0, 0.05) is 12.1 Å². The molecule has 0 unspecified atom stereocenters. The van der Waals surface area contributed by atoms with Crippen LogP contribution in [0.3, 0.4) is 0 Å². The Balaban J connectivity index is 2.34. The van der Waals surface area contributed by atoms with E-state index >= 15 is 0 Å². The summed E-state index contributed by atoms with van der Waals surface area (Å²) in [6, 6.07) is 9.70. The summed E-state index contributed by atoms with van der Waals surface area (Å²) in [6.45, 7) is 11.7. The molecule has 0 atom stereocenters. The van der Waals surface area contributed by atoms with Crippen LogP contribution >= 0.6 is 0 Å². The van der Waals surface area contributed by atoms with E-state index in [1.807, 2.05) is 44.2 Å². The Morgan fingerprint density at radius 3 is 2.38 bits per heavy atom. The number of nitrogens with zero attached hydrogens (tertiary/aromatic N) is 1. The van der Waals surface area contributed by atoms with Crippen LogP contribution in [0.2, 0.25) is 0 Å². The highest BCUT2D eigenvalue weighted by Crippen LogP contribution is 2.10. The number of hydrogen-bond acceptors (Lipinski definition) is 3. The Bertz CT molecular complexity index is 414. The predicted molar refractivity (Wildman–Crippen MR) is 86.2 cm³/mol. The Morgan fingerprint density at radius 2 is 1.81 bits per heavy atom. The van der Waals surface area contributed by atoms with Crippen LogP contribution in [0.25, 0.3) is 0 Å². The molecule has 0 aliphatic rings. The second kappa shape index (κ2) is 8.67. The van der Waals surface area contributed by atoms with E-state index in [0.717, 1.165) is 31.6 Å². The van der Waals surface area contributed by atoms with Crippen molar-refractivity contribution in [3.63, 3.8) is 0 Å². The topological polar surface area (TPSA) is 41.6 Å². The van der Waals surface area contributed by atoms with Gasteiger partial charge in [0.2, 0.25) is 0 Å². The SMILES string of the molecule is CCN(CC)CCC(C)(C)NC(=O)OCc1ccccc1. The van der Waals surface area contributed by atoms with E-state index in [1.165, 1.54) is 0 Å². The van der Waals surface area contributed by atoms with Crippen LogP contribution in [-0.4, -0.2) is 36.2 Å². The van der Waals surface area contributed by atoms with Crippen molar-refractivity contribution >= 4 is 6.09 Å². The molecule has 1 rings (SSSR count). The molecular weight excluding hydrogens is 264 g/mol. The highest BCUT2D eigenvalue weighted by Gasteiger charge is 2.21. The number of hydrogen-bond donors (Lipinski definition) is 1. The first-order chi connectivity index (χ1) is 9.96. The first kappa shape index (κ1) is 17.5. The Hall–Kier alpha value is -1.55. The lowest BCUT2D eigenvalue weighted by molar-refractivity contribution is 0.126. The average Bonchev–Trinajstić information content (AvgIpc) is 2.47. The van der Waals surface area contributed by atoms with E-state index in [0.29, 0.717) is 6.61 Å². The molecule has 0 radical (unpaired) electrons.